The average molecular weight is 213 g/mol. The highest BCUT2D eigenvalue weighted by atomic mass is 16.2. The molecule has 0 aromatic heterocycles. The molecular weight excluding hydrogens is 198 g/mol. The lowest BCUT2D eigenvalue weighted by Gasteiger charge is -2.20. The summed E-state index contributed by atoms with van der Waals surface area (Å²) in [5.41, 5.74) is 2.49. The molecule has 0 N–H and O–H groups in total. The van der Waals surface area contributed by atoms with Gasteiger partial charge in [-0.2, -0.15) is 0 Å². The van der Waals surface area contributed by atoms with Gasteiger partial charge in [0.15, 0.2) is 0 Å². The van der Waals surface area contributed by atoms with Crippen LogP contribution < -0.4 is 0 Å². The Labute approximate surface area is 95.6 Å². The largest absolute Gasteiger partial charge is 0.313 e. The van der Waals surface area contributed by atoms with Crippen molar-refractivity contribution in [2.45, 2.75) is 31.7 Å². The number of benzene rings is 1. The molecule has 2 aliphatic heterocycles. The number of hydrogen-bond acceptors (Lipinski definition) is 1. The molecular formula is C14H15NO. The maximum absolute atomic E-state index is 11.7. The Hall–Kier alpha value is -1.57. The SMILES string of the molecule is O=C1CCC2CC=C(Cc3ccccc3)N12. The van der Waals surface area contributed by atoms with Crippen molar-refractivity contribution in [2.24, 2.45) is 0 Å². The summed E-state index contributed by atoms with van der Waals surface area (Å²) in [6.07, 6.45) is 5.94. The van der Waals surface area contributed by atoms with Crippen molar-refractivity contribution in [3.63, 3.8) is 0 Å². The molecule has 82 valence electrons. The lowest BCUT2D eigenvalue weighted by molar-refractivity contribution is -0.126. The Morgan fingerprint density at radius 1 is 1.25 bits per heavy atom. The number of nitrogens with zero attached hydrogens (tertiary/aromatic N) is 1. The molecule has 2 aliphatic rings. The molecule has 1 aromatic rings. The molecule has 1 aromatic carbocycles. The summed E-state index contributed by atoms with van der Waals surface area (Å²) in [6, 6.07) is 10.8. The fraction of sp³-hybridized carbons (Fsp3) is 0.357. The molecule has 1 fully saturated rings. The summed E-state index contributed by atoms with van der Waals surface area (Å²) in [5.74, 6) is 0.310. The van der Waals surface area contributed by atoms with Crippen LogP contribution in [0.4, 0.5) is 0 Å². The fourth-order valence-electron chi connectivity index (χ4n) is 2.69. The number of allylic oxidation sites excluding steroid dienone is 1. The maximum atomic E-state index is 11.7. The predicted molar refractivity (Wildman–Crippen MR) is 62.7 cm³/mol. The van der Waals surface area contributed by atoms with Crippen LogP contribution in [0.2, 0.25) is 0 Å². The smallest absolute Gasteiger partial charge is 0.227 e. The first-order chi connectivity index (χ1) is 7.84. The minimum atomic E-state index is 0.310. The molecule has 1 amide bonds. The second-order valence-electron chi connectivity index (χ2n) is 4.55. The molecule has 1 unspecified atom stereocenters. The molecule has 3 rings (SSSR count). The van der Waals surface area contributed by atoms with Crippen LogP contribution in [0.5, 0.6) is 0 Å². The Morgan fingerprint density at radius 2 is 2.06 bits per heavy atom. The number of carbonyl (C=O) groups is 1. The van der Waals surface area contributed by atoms with Crippen molar-refractivity contribution in [1.82, 2.24) is 4.90 Å². The van der Waals surface area contributed by atoms with Crippen LogP contribution in [0.15, 0.2) is 42.1 Å². The average Bonchev–Trinajstić information content (AvgIpc) is 2.86. The van der Waals surface area contributed by atoms with E-state index >= 15 is 0 Å². The highest BCUT2D eigenvalue weighted by Crippen LogP contribution is 2.33. The van der Waals surface area contributed by atoms with Crippen molar-refractivity contribution in [3.8, 4) is 0 Å². The second-order valence-corrected chi connectivity index (χ2v) is 4.55. The van der Waals surface area contributed by atoms with Crippen molar-refractivity contribution in [3.05, 3.63) is 47.7 Å². The van der Waals surface area contributed by atoms with Gasteiger partial charge in [0.05, 0.1) is 0 Å². The Kier molecular flexibility index (Phi) is 2.28. The number of amides is 1. The first-order valence-corrected chi connectivity index (χ1v) is 5.89. The van der Waals surface area contributed by atoms with Gasteiger partial charge in [0.2, 0.25) is 5.91 Å². The van der Waals surface area contributed by atoms with Crippen LogP contribution in [0.1, 0.15) is 24.8 Å². The zero-order valence-corrected chi connectivity index (χ0v) is 9.23. The molecule has 0 spiro atoms. The fourth-order valence-corrected chi connectivity index (χ4v) is 2.69. The van der Waals surface area contributed by atoms with E-state index in [9.17, 15) is 4.79 Å². The van der Waals surface area contributed by atoms with E-state index in [0.717, 1.165) is 25.7 Å². The van der Waals surface area contributed by atoms with Gasteiger partial charge in [-0.1, -0.05) is 36.4 Å². The predicted octanol–water partition coefficient (Wildman–Crippen LogP) is 2.51. The van der Waals surface area contributed by atoms with Crippen molar-refractivity contribution >= 4 is 5.91 Å². The van der Waals surface area contributed by atoms with Gasteiger partial charge in [0, 0.05) is 24.6 Å². The highest BCUT2D eigenvalue weighted by Gasteiger charge is 2.36. The van der Waals surface area contributed by atoms with E-state index in [1.165, 1.54) is 11.3 Å². The minimum Gasteiger partial charge on any atom is -0.313 e. The van der Waals surface area contributed by atoms with E-state index in [2.05, 4.69) is 18.2 Å². The quantitative estimate of drug-likeness (QED) is 0.739. The number of fused-ring (bicyclic) bond motifs is 1. The van der Waals surface area contributed by atoms with Crippen molar-refractivity contribution in [2.75, 3.05) is 0 Å². The molecule has 0 radical (unpaired) electrons. The Balaban J connectivity index is 1.79. The third-order valence-electron chi connectivity index (χ3n) is 3.49. The van der Waals surface area contributed by atoms with Gasteiger partial charge >= 0.3 is 0 Å². The van der Waals surface area contributed by atoms with E-state index in [-0.39, 0.29) is 0 Å². The first kappa shape index (κ1) is 9.64. The van der Waals surface area contributed by atoms with E-state index in [0.29, 0.717) is 11.9 Å². The summed E-state index contributed by atoms with van der Waals surface area (Å²) in [5, 5.41) is 0. The van der Waals surface area contributed by atoms with Gasteiger partial charge in [-0.15, -0.1) is 0 Å². The zero-order valence-electron chi connectivity index (χ0n) is 9.23. The van der Waals surface area contributed by atoms with Gasteiger partial charge in [-0.3, -0.25) is 4.79 Å². The summed E-state index contributed by atoms with van der Waals surface area (Å²) >= 11 is 0. The second kappa shape index (κ2) is 3.78. The highest BCUT2D eigenvalue weighted by molar-refractivity contribution is 5.81. The molecule has 2 nitrogen and oxygen atoms in total. The molecule has 16 heavy (non-hydrogen) atoms. The van der Waals surface area contributed by atoms with Crippen LogP contribution in [-0.4, -0.2) is 16.8 Å². The maximum Gasteiger partial charge on any atom is 0.227 e. The number of hydrogen-bond donors (Lipinski definition) is 0. The topological polar surface area (TPSA) is 20.3 Å². The van der Waals surface area contributed by atoms with E-state index in [1.807, 2.05) is 23.1 Å². The molecule has 1 saturated heterocycles. The van der Waals surface area contributed by atoms with Gasteiger partial charge in [-0.05, 0) is 18.4 Å². The van der Waals surface area contributed by atoms with Crippen LogP contribution >= 0.6 is 0 Å². The van der Waals surface area contributed by atoms with Crippen molar-refractivity contribution in [1.29, 1.82) is 0 Å². The van der Waals surface area contributed by atoms with Crippen LogP contribution in [-0.2, 0) is 11.2 Å². The lowest BCUT2D eigenvalue weighted by atomic mass is 10.1. The van der Waals surface area contributed by atoms with Gasteiger partial charge < -0.3 is 4.90 Å². The van der Waals surface area contributed by atoms with Crippen molar-refractivity contribution < 1.29 is 4.79 Å². The van der Waals surface area contributed by atoms with E-state index in [1.54, 1.807) is 0 Å². The number of carbonyl (C=O) groups excluding carboxylic acids is 1. The van der Waals surface area contributed by atoms with Crippen LogP contribution in [0.25, 0.3) is 0 Å². The van der Waals surface area contributed by atoms with E-state index < -0.39 is 0 Å². The lowest BCUT2D eigenvalue weighted by Crippen LogP contribution is -2.28. The van der Waals surface area contributed by atoms with Gasteiger partial charge in [0.25, 0.3) is 0 Å². The zero-order chi connectivity index (χ0) is 11.0. The molecule has 2 heterocycles. The summed E-state index contributed by atoms with van der Waals surface area (Å²) in [6.45, 7) is 0. The third kappa shape index (κ3) is 1.54. The molecule has 0 bridgehead atoms. The van der Waals surface area contributed by atoms with E-state index in [4.69, 9.17) is 0 Å². The Morgan fingerprint density at radius 3 is 2.88 bits per heavy atom. The molecule has 0 aliphatic carbocycles. The summed E-state index contributed by atoms with van der Waals surface area (Å²) in [4.78, 5) is 13.8. The third-order valence-corrected chi connectivity index (χ3v) is 3.49. The Bertz CT molecular complexity index is 435. The molecule has 0 saturated carbocycles. The number of rotatable bonds is 2. The molecule has 1 atom stereocenters. The normalized spacial score (nSPS) is 23.5. The van der Waals surface area contributed by atoms with Crippen LogP contribution in [0, 0.1) is 0 Å². The molecule has 2 heteroatoms. The summed E-state index contributed by atoms with van der Waals surface area (Å²) < 4.78 is 0. The standard InChI is InChI=1S/C14H15NO/c16-14-9-8-12-6-7-13(15(12)14)10-11-4-2-1-3-5-11/h1-5,7,12H,6,8-10H2. The summed E-state index contributed by atoms with van der Waals surface area (Å²) in [7, 11) is 0. The monoisotopic (exact) mass is 213 g/mol. The van der Waals surface area contributed by atoms with Gasteiger partial charge in [0.1, 0.15) is 0 Å². The first-order valence-electron chi connectivity index (χ1n) is 5.89. The van der Waals surface area contributed by atoms with Crippen LogP contribution in [0.3, 0.4) is 0 Å². The van der Waals surface area contributed by atoms with Gasteiger partial charge in [-0.25, -0.2) is 0 Å². The minimum absolute atomic E-state index is 0.310.